The highest BCUT2D eigenvalue weighted by atomic mass is 16.3. The normalized spacial score (nSPS) is 11.6. The van der Waals surface area contributed by atoms with Crippen molar-refractivity contribution in [2.75, 3.05) is 6.61 Å². The van der Waals surface area contributed by atoms with Crippen LogP contribution in [0, 0.1) is 6.92 Å². The highest BCUT2D eigenvalue weighted by Gasteiger charge is 2.12. The number of aliphatic hydroxyl groups excluding tert-OH is 1. The molecule has 0 spiro atoms. The maximum atomic E-state index is 9.13. The van der Waals surface area contributed by atoms with Crippen LogP contribution in [0.3, 0.4) is 0 Å². The van der Waals surface area contributed by atoms with Crippen molar-refractivity contribution in [3.63, 3.8) is 0 Å². The van der Waals surface area contributed by atoms with E-state index in [1.54, 1.807) is 0 Å². The highest BCUT2D eigenvalue weighted by molar-refractivity contribution is 5.82. The summed E-state index contributed by atoms with van der Waals surface area (Å²) in [4.78, 5) is 0. The van der Waals surface area contributed by atoms with E-state index < -0.39 is 0 Å². The lowest BCUT2D eigenvalue weighted by molar-refractivity contribution is 0.294. The van der Waals surface area contributed by atoms with Gasteiger partial charge in [-0.15, -0.1) is 0 Å². The van der Waals surface area contributed by atoms with E-state index in [0.29, 0.717) is 12.5 Å². The number of hydrogen-bond donors (Lipinski definition) is 1. The fourth-order valence-electron chi connectivity index (χ4n) is 2.05. The first-order chi connectivity index (χ1) is 7.63. The zero-order chi connectivity index (χ0) is 11.7. The zero-order valence-electron chi connectivity index (χ0n) is 10.1. The first-order valence-electron chi connectivity index (χ1n) is 5.72. The Labute approximate surface area is 95.7 Å². The summed E-state index contributed by atoms with van der Waals surface area (Å²) in [5, 5.41) is 14.9. The fraction of sp³-hybridized carbons (Fsp3) is 0.462. The van der Waals surface area contributed by atoms with E-state index in [1.165, 1.54) is 10.9 Å². The number of rotatable bonds is 3. The summed E-state index contributed by atoms with van der Waals surface area (Å²) >= 11 is 0. The molecule has 16 heavy (non-hydrogen) atoms. The van der Waals surface area contributed by atoms with Gasteiger partial charge < -0.3 is 5.11 Å². The Morgan fingerprint density at radius 1 is 1.38 bits per heavy atom. The Morgan fingerprint density at radius 3 is 2.75 bits per heavy atom. The number of nitrogens with zero attached hydrogens (tertiary/aromatic N) is 2. The van der Waals surface area contributed by atoms with Gasteiger partial charge in [-0.3, -0.25) is 4.68 Å². The molecule has 3 nitrogen and oxygen atoms in total. The minimum Gasteiger partial charge on any atom is -0.396 e. The maximum absolute atomic E-state index is 9.13. The highest BCUT2D eigenvalue weighted by Crippen LogP contribution is 2.23. The topological polar surface area (TPSA) is 38.0 Å². The van der Waals surface area contributed by atoms with Crippen LogP contribution in [0.15, 0.2) is 18.2 Å². The third-order valence-corrected chi connectivity index (χ3v) is 2.79. The van der Waals surface area contributed by atoms with Crippen molar-refractivity contribution in [2.45, 2.75) is 33.2 Å². The standard InChI is InChI=1S/C13H18N2O/c1-9(2)15-13(6-7-16)11-8-10(3)4-5-12(11)14-15/h4-5,8-9,16H,6-7H2,1-3H3. The van der Waals surface area contributed by atoms with Crippen molar-refractivity contribution in [1.29, 1.82) is 0 Å². The molecule has 2 rings (SSSR count). The molecule has 0 bridgehead atoms. The quantitative estimate of drug-likeness (QED) is 0.859. The molecule has 1 N–H and O–H groups in total. The van der Waals surface area contributed by atoms with Crippen molar-refractivity contribution < 1.29 is 5.11 Å². The summed E-state index contributed by atoms with van der Waals surface area (Å²) in [6.07, 6.45) is 0.665. The van der Waals surface area contributed by atoms with Crippen LogP contribution in [0.4, 0.5) is 0 Å². The minimum absolute atomic E-state index is 0.168. The molecule has 0 atom stereocenters. The molecule has 0 saturated carbocycles. The molecule has 0 fully saturated rings. The van der Waals surface area contributed by atoms with E-state index in [1.807, 2.05) is 10.7 Å². The third kappa shape index (κ3) is 1.83. The van der Waals surface area contributed by atoms with Crippen molar-refractivity contribution in [1.82, 2.24) is 9.78 Å². The average molecular weight is 218 g/mol. The summed E-state index contributed by atoms with van der Waals surface area (Å²) in [6.45, 7) is 6.47. The van der Waals surface area contributed by atoms with Crippen molar-refractivity contribution >= 4 is 10.9 Å². The molecule has 2 aromatic rings. The molecule has 86 valence electrons. The van der Waals surface area contributed by atoms with E-state index in [-0.39, 0.29) is 6.61 Å². The van der Waals surface area contributed by atoms with Gasteiger partial charge in [-0.05, 0) is 32.9 Å². The molecular formula is C13H18N2O. The Bertz CT molecular complexity index is 500. The Hall–Kier alpha value is -1.35. The van der Waals surface area contributed by atoms with E-state index in [9.17, 15) is 0 Å². The minimum atomic E-state index is 0.168. The number of aromatic nitrogens is 2. The molecule has 0 aliphatic rings. The zero-order valence-corrected chi connectivity index (χ0v) is 10.1. The summed E-state index contributed by atoms with van der Waals surface area (Å²) < 4.78 is 2.01. The predicted octanol–water partition coefficient (Wildman–Crippen LogP) is 2.46. The smallest absolute Gasteiger partial charge is 0.0926 e. The Balaban J connectivity index is 2.67. The summed E-state index contributed by atoms with van der Waals surface area (Å²) in [7, 11) is 0. The van der Waals surface area contributed by atoms with Gasteiger partial charge in [0.25, 0.3) is 0 Å². The molecule has 3 heteroatoms. The van der Waals surface area contributed by atoms with Crippen LogP contribution in [-0.4, -0.2) is 21.5 Å². The largest absolute Gasteiger partial charge is 0.396 e. The van der Waals surface area contributed by atoms with Gasteiger partial charge in [0, 0.05) is 30.1 Å². The lowest BCUT2D eigenvalue weighted by Crippen LogP contribution is -2.08. The molecule has 0 radical (unpaired) electrons. The van der Waals surface area contributed by atoms with Crippen LogP contribution < -0.4 is 0 Å². The summed E-state index contributed by atoms with van der Waals surface area (Å²) in [6, 6.07) is 6.59. The number of aryl methyl sites for hydroxylation is 1. The van der Waals surface area contributed by atoms with Crippen LogP contribution in [0.5, 0.6) is 0 Å². The molecule has 1 aromatic carbocycles. The summed E-state index contributed by atoms with van der Waals surface area (Å²) in [5.41, 5.74) is 3.38. The van der Waals surface area contributed by atoms with Crippen LogP contribution in [0.2, 0.25) is 0 Å². The van der Waals surface area contributed by atoms with Gasteiger partial charge in [0.1, 0.15) is 0 Å². The second-order valence-electron chi connectivity index (χ2n) is 4.48. The number of hydrogen-bond acceptors (Lipinski definition) is 2. The van der Waals surface area contributed by atoms with E-state index >= 15 is 0 Å². The molecule has 0 saturated heterocycles. The Morgan fingerprint density at radius 2 is 2.12 bits per heavy atom. The first-order valence-corrected chi connectivity index (χ1v) is 5.72. The molecule has 1 aromatic heterocycles. The van der Waals surface area contributed by atoms with Gasteiger partial charge in [-0.1, -0.05) is 11.6 Å². The van der Waals surface area contributed by atoms with Gasteiger partial charge in [-0.2, -0.15) is 5.10 Å². The van der Waals surface area contributed by atoms with Gasteiger partial charge >= 0.3 is 0 Å². The Kier molecular flexibility index (Phi) is 2.97. The first kappa shape index (κ1) is 11.1. The molecule has 0 aliphatic heterocycles. The maximum Gasteiger partial charge on any atom is 0.0926 e. The molecule has 1 heterocycles. The molecule has 0 amide bonds. The monoisotopic (exact) mass is 218 g/mol. The lowest BCUT2D eigenvalue weighted by Gasteiger charge is -2.09. The van der Waals surface area contributed by atoms with Gasteiger partial charge in [0.15, 0.2) is 0 Å². The average Bonchev–Trinajstić information content (AvgIpc) is 2.58. The van der Waals surface area contributed by atoms with Crippen molar-refractivity contribution in [3.8, 4) is 0 Å². The number of benzene rings is 1. The molecule has 0 aliphatic carbocycles. The van der Waals surface area contributed by atoms with Crippen LogP contribution in [0.1, 0.15) is 31.1 Å². The van der Waals surface area contributed by atoms with Crippen LogP contribution in [-0.2, 0) is 6.42 Å². The lowest BCUT2D eigenvalue weighted by atomic mass is 10.1. The fourth-order valence-corrected chi connectivity index (χ4v) is 2.05. The SMILES string of the molecule is Cc1ccc2nn(C(C)C)c(CCO)c2c1. The molecular weight excluding hydrogens is 200 g/mol. The van der Waals surface area contributed by atoms with Crippen LogP contribution in [0.25, 0.3) is 10.9 Å². The van der Waals surface area contributed by atoms with Crippen molar-refractivity contribution in [3.05, 3.63) is 29.5 Å². The van der Waals surface area contributed by atoms with Gasteiger partial charge in [0.2, 0.25) is 0 Å². The predicted molar refractivity (Wildman–Crippen MR) is 65.6 cm³/mol. The number of aliphatic hydroxyl groups is 1. The summed E-state index contributed by atoms with van der Waals surface area (Å²) in [5.74, 6) is 0. The van der Waals surface area contributed by atoms with E-state index in [2.05, 4.69) is 38.0 Å². The van der Waals surface area contributed by atoms with Gasteiger partial charge in [0.05, 0.1) is 5.52 Å². The van der Waals surface area contributed by atoms with E-state index in [0.717, 1.165) is 11.2 Å². The second kappa shape index (κ2) is 4.26. The molecule has 0 unspecified atom stereocenters. The third-order valence-electron chi connectivity index (χ3n) is 2.79. The van der Waals surface area contributed by atoms with E-state index in [4.69, 9.17) is 5.11 Å². The second-order valence-corrected chi connectivity index (χ2v) is 4.48. The van der Waals surface area contributed by atoms with Crippen molar-refractivity contribution in [2.24, 2.45) is 0 Å². The number of fused-ring (bicyclic) bond motifs is 1. The van der Waals surface area contributed by atoms with Crippen LogP contribution >= 0.6 is 0 Å². The van der Waals surface area contributed by atoms with Gasteiger partial charge in [-0.25, -0.2) is 0 Å².